The van der Waals surface area contributed by atoms with Crippen molar-refractivity contribution in [2.24, 2.45) is 5.92 Å². The van der Waals surface area contributed by atoms with Crippen molar-refractivity contribution in [3.05, 3.63) is 35.4 Å². The summed E-state index contributed by atoms with van der Waals surface area (Å²) >= 11 is 0. The third kappa shape index (κ3) is 4.35. The second-order valence-corrected chi connectivity index (χ2v) is 8.29. The van der Waals surface area contributed by atoms with E-state index >= 15 is 0 Å². The molecule has 24 heavy (non-hydrogen) atoms. The number of hydrogen-bond acceptors (Lipinski definition) is 6. The average molecular weight is 354 g/mol. The smallest absolute Gasteiger partial charge is 0.310 e. The Labute approximate surface area is 142 Å². The van der Waals surface area contributed by atoms with Crippen LogP contribution in [0.25, 0.3) is 0 Å². The normalized spacial score (nSPS) is 18.3. The fourth-order valence-electron chi connectivity index (χ4n) is 3.05. The molecule has 0 saturated carbocycles. The molecule has 2 atom stereocenters. The lowest BCUT2D eigenvalue weighted by atomic mass is 9.91. The zero-order valence-electron chi connectivity index (χ0n) is 13.9. The van der Waals surface area contributed by atoms with Crippen molar-refractivity contribution >= 4 is 21.8 Å². The molecule has 6 nitrogen and oxygen atoms in total. The van der Waals surface area contributed by atoms with Gasteiger partial charge < -0.3 is 9.47 Å². The third-order valence-corrected chi connectivity index (χ3v) is 6.70. The van der Waals surface area contributed by atoms with E-state index in [0.29, 0.717) is 19.3 Å². The Bertz CT molecular complexity index is 710. The van der Waals surface area contributed by atoms with Crippen LogP contribution >= 0.6 is 0 Å². The molecule has 0 amide bonds. The minimum atomic E-state index is -3.54. The first-order valence-electron chi connectivity index (χ1n) is 7.80. The maximum absolute atomic E-state index is 12.7. The van der Waals surface area contributed by atoms with Crippen LogP contribution in [0.3, 0.4) is 0 Å². The number of fused-ring (bicyclic) bond motifs is 1. The summed E-state index contributed by atoms with van der Waals surface area (Å²) in [6.45, 7) is 0. The predicted molar refractivity (Wildman–Crippen MR) is 88.2 cm³/mol. The molecule has 2 unspecified atom stereocenters. The van der Waals surface area contributed by atoms with E-state index in [0.717, 1.165) is 5.56 Å². The van der Waals surface area contributed by atoms with Crippen molar-refractivity contribution in [2.75, 3.05) is 20.0 Å². The van der Waals surface area contributed by atoms with Crippen LogP contribution in [0.2, 0.25) is 0 Å². The molecule has 0 spiro atoms. The Morgan fingerprint density at radius 2 is 1.83 bits per heavy atom. The summed E-state index contributed by atoms with van der Waals surface area (Å²) in [5.74, 6) is -2.78. The summed E-state index contributed by atoms with van der Waals surface area (Å²) in [6, 6.07) is 7.77. The second-order valence-electron chi connectivity index (χ2n) is 5.96. The number of rotatable bonds is 6. The number of carbonyl (C=O) groups excluding carboxylic acids is 2. The van der Waals surface area contributed by atoms with Crippen LogP contribution in [0.1, 0.15) is 24.0 Å². The van der Waals surface area contributed by atoms with Crippen LogP contribution in [-0.4, -0.2) is 45.6 Å². The lowest BCUT2D eigenvalue weighted by Crippen LogP contribution is -2.36. The van der Waals surface area contributed by atoms with Crippen LogP contribution in [0.5, 0.6) is 0 Å². The fourth-order valence-corrected chi connectivity index (χ4v) is 5.05. The van der Waals surface area contributed by atoms with Crippen LogP contribution in [0, 0.1) is 5.92 Å². The molecule has 0 radical (unpaired) electrons. The Kier molecular flexibility index (Phi) is 5.99. The van der Waals surface area contributed by atoms with Gasteiger partial charge in [-0.1, -0.05) is 24.3 Å². The van der Waals surface area contributed by atoms with Gasteiger partial charge in [0.25, 0.3) is 0 Å². The van der Waals surface area contributed by atoms with Crippen molar-refractivity contribution in [1.82, 2.24) is 0 Å². The van der Waals surface area contributed by atoms with Gasteiger partial charge in [0, 0.05) is 0 Å². The van der Waals surface area contributed by atoms with Gasteiger partial charge in [0.1, 0.15) is 0 Å². The second kappa shape index (κ2) is 7.79. The number of sulfone groups is 1. The van der Waals surface area contributed by atoms with Gasteiger partial charge in [-0.15, -0.1) is 0 Å². The van der Waals surface area contributed by atoms with E-state index in [-0.39, 0.29) is 6.42 Å². The van der Waals surface area contributed by atoms with Gasteiger partial charge in [0.05, 0.1) is 37.6 Å². The van der Waals surface area contributed by atoms with Gasteiger partial charge in [-0.25, -0.2) is 8.42 Å². The molecule has 0 aliphatic heterocycles. The highest BCUT2D eigenvalue weighted by atomic mass is 32.2. The minimum absolute atomic E-state index is 0.300. The van der Waals surface area contributed by atoms with E-state index in [1.165, 1.54) is 19.8 Å². The average Bonchev–Trinajstić information content (AvgIpc) is 2.59. The van der Waals surface area contributed by atoms with Gasteiger partial charge >= 0.3 is 11.9 Å². The van der Waals surface area contributed by atoms with Gasteiger partial charge in [0.2, 0.25) is 0 Å². The predicted octanol–water partition coefficient (Wildman–Crippen LogP) is 1.31. The van der Waals surface area contributed by atoms with Gasteiger partial charge in [0.15, 0.2) is 9.84 Å². The number of ether oxygens (including phenoxy) is 2. The van der Waals surface area contributed by atoms with Crippen LogP contribution in [0.4, 0.5) is 0 Å². The molecule has 2 rings (SSSR count). The fraction of sp³-hybridized carbons (Fsp3) is 0.529. The lowest BCUT2D eigenvalue weighted by Gasteiger charge is -2.25. The van der Waals surface area contributed by atoms with E-state index in [1.807, 2.05) is 24.3 Å². The Hall–Kier alpha value is -1.89. The topological polar surface area (TPSA) is 86.7 Å². The molecule has 0 heterocycles. The quantitative estimate of drug-likeness (QED) is 0.716. The first-order valence-corrected chi connectivity index (χ1v) is 9.52. The first-order chi connectivity index (χ1) is 11.4. The Morgan fingerprint density at radius 3 is 2.46 bits per heavy atom. The largest absolute Gasteiger partial charge is 0.469 e. The van der Waals surface area contributed by atoms with E-state index < -0.39 is 38.7 Å². The molecule has 0 aromatic heterocycles. The van der Waals surface area contributed by atoms with Crippen molar-refractivity contribution in [1.29, 1.82) is 0 Å². The zero-order valence-corrected chi connectivity index (χ0v) is 14.7. The number of hydrogen-bond donors (Lipinski definition) is 0. The van der Waals surface area contributed by atoms with Crippen molar-refractivity contribution in [3.63, 3.8) is 0 Å². The molecular formula is C17H22O6S. The van der Waals surface area contributed by atoms with Crippen molar-refractivity contribution in [2.45, 2.75) is 30.9 Å². The maximum Gasteiger partial charge on any atom is 0.310 e. The maximum atomic E-state index is 12.7. The number of benzene rings is 1. The van der Waals surface area contributed by atoms with Gasteiger partial charge in [-0.05, 0) is 30.4 Å². The Morgan fingerprint density at radius 1 is 1.17 bits per heavy atom. The van der Waals surface area contributed by atoms with E-state index in [2.05, 4.69) is 9.47 Å². The number of carbonyl (C=O) groups is 2. The molecule has 0 bridgehead atoms. The summed E-state index contributed by atoms with van der Waals surface area (Å²) in [5, 5.41) is -0.544. The standard InChI is InChI=1S/C17H22O6S/c1-22-16(18)10-14(17(19)23-2)11-24(20,21)15-8-7-12-5-3-4-6-13(12)9-15/h3-6,14-15H,7-11H2,1-2H3. The lowest BCUT2D eigenvalue weighted by molar-refractivity contribution is -0.151. The molecule has 1 aromatic rings. The molecule has 7 heteroatoms. The van der Waals surface area contributed by atoms with E-state index in [9.17, 15) is 18.0 Å². The summed E-state index contributed by atoms with van der Waals surface area (Å²) in [5.41, 5.74) is 2.20. The van der Waals surface area contributed by atoms with E-state index in [4.69, 9.17) is 0 Å². The molecular weight excluding hydrogens is 332 g/mol. The van der Waals surface area contributed by atoms with Crippen molar-refractivity contribution < 1.29 is 27.5 Å². The molecule has 0 fully saturated rings. The van der Waals surface area contributed by atoms with Crippen LogP contribution in [-0.2, 0) is 41.7 Å². The molecule has 0 N–H and O–H groups in total. The molecule has 1 aliphatic rings. The summed E-state index contributed by atoms with van der Waals surface area (Å²) in [4.78, 5) is 23.3. The molecule has 1 aliphatic carbocycles. The highest BCUT2D eigenvalue weighted by molar-refractivity contribution is 7.92. The number of methoxy groups -OCH3 is 2. The number of esters is 2. The zero-order chi connectivity index (χ0) is 17.7. The number of aryl methyl sites for hydroxylation is 1. The first kappa shape index (κ1) is 18.4. The van der Waals surface area contributed by atoms with Crippen molar-refractivity contribution in [3.8, 4) is 0 Å². The highest BCUT2D eigenvalue weighted by Gasteiger charge is 2.35. The SMILES string of the molecule is COC(=O)CC(CS(=O)(=O)C1CCc2ccccc2C1)C(=O)OC. The van der Waals surface area contributed by atoms with Crippen LogP contribution in [0.15, 0.2) is 24.3 Å². The minimum Gasteiger partial charge on any atom is -0.469 e. The summed E-state index contributed by atoms with van der Waals surface area (Å²) in [6.07, 6.45) is 1.35. The summed E-state index contributed by atoms with van der Waals surface area (Å²) < 4.78 is 34.6. The summed E-state index contributed by atoms with van der Waals surface area (Å²) in [7, 11) is -1.17. The highest BCUT2D eigenvalue weighted by Crippen LogP contribution is 2.27. The molecule has 1 aromatic carbocycles. The molecule has 0 saturated heterocycles. The Balaban J connectivity index is 2.14. The van der Waals surface area contributed by atoms with Gasteiger partial charge in [-0.3, -0.25) is 9.59 Å². The van der Waals surface area contributed by atoms with Gasteiger partial charge in [-0.2, -0.15) is 0 Å². The van der Waals surface area contributed by atoms with E-state index in [1.54, 1.807) is 0 Å². The monoisotopic (exact) mass is 354 g/mol. The molecule has 132 valence electrons. The third-order valence-electron chi connectivity index (χ3n) is 4.42. The van der Waals surface area contributed by atoms with Crippen LogP contribution < -0.4 is 0 Å².